The zero-order valence-corrected chi connectivity index (χ0v) is 11.8. The first kappa shape index (κ1) is 15.5. The maximum atomic E-state index is 11.0. The van der Waals surface area contributed by atoms with Crippen LogP contribution < -0.4 is 10.0 Å². The summed E-state index contributed by atoms with van der Waals surface area (Å²) in [5, 5.41) is 14.0. The molecule has 1 atom stereocenters. The first-order chi connectivity index (χ1) is 9.85. The van der Waals surface area contributed by atoms with Crippen molar-refractivity contribution in [1.82, 2.24) is 0 Å². The van der Waals surface area contributed by atoms with Crippen LogP contribution in [-0.4, -0.2) is 37.7 Å². The molecule has 10 heteroatoms. The molecule has 0 spiro atoms. The third-order valence-electron chi connectivity index (χ3n) is 3.05. The third-order valence-corrected chi connectivity index (χ3v) is 3.54. The van der Waals surface area contributed by atoms with Gasteiger partial charge in [-0.05, 0) is 18.6 Å². The molecule has 0 aliphatic carbocycles. The Morgan fingerprint density at radius 2 is 2.24 bits per heavy atom. The second-order valence-corrected chi connectivity index (χ2v) is 5.83. The second-order valence-electron chi connectivity index (χ2n) is 4.68. The van der Waals surface area contributed by atoms with Crippen LogP contribution in [0.1, 0.15) is 6.42 Å². The lowest BCUT2D eigenvalue weighted by Crippen LogP contribution is -2.15. The summed E-state index contributed by atoms with van der Waals surface area (Å²) in [6.45, 7) is 1.83. The van der Waals surface area contributed by atoms with Gasteiger partial charge in [0, 0.05) is 25.1 Å². The van der Waals surface area contributed by atoms with Gasteiger partial charge < -0.3 is 10.1 Å². The lowest BCUT2D eigenvalue weighted by molar-refractivity contribution is -0.383. The molecule has 0 radical (unpaired) electrons. The zero-order chi connectivity index (χ0) is 15.5. The summed E-state index contributed by atoms with van der Waals surface area (Å²) >= 11 is 0. The Kier molecular flexibility index (Phi) is 4.60. The van der Waals surface area contributed by atoms with Crippen molar-refractivity contribution in [2.45, 2.75) is 6.42 Å². The predicted molar refractivity (Wildman–Crippen MR) is 75.7 cm³/mol. The lowest BCUT2D eigenvalue weighted by atomic mass is 10.1. The third kappa shape index (κ3) is 4.55. The molecule has 2 rings (SSSR count). The van der Waals surface area contributed by atoms with E-state index >= 15 is 0 Å². The Morgan fingerprint density at radius 1 is 1.48 bits per heavy atom. The number of anilines is 2. The molecule has 0 amide bonds. The van der Waals surface area contributed by atoms with E-state index in [1.54, 1.807) is 4.72 Å². The lowest BCUT2D eigenvalue weighted by Gasteiger charge is -2.12. The highest BCUT2D eigenvalue weighted by Gasteiger charge is 2.19. The van der Waals surface area contributed by atoms with Crippen LogP contribution in [0.2, 0.25) is 0 Å². The topological polar surface area (TPSA) is 131 Å². The van der Waals surface area contributed by atoms with Gasteiger partial charge in [-0.2, -0.15) is 8.42 Å². The highest BCUT2D eigenvalue weighted by atomic mass is 32.2. The van der Waals surface area contributed by atoms with Gasteiger partial charge in [-0.15, -0.1) is 0 Å². The van der Waals surface area contributed by atoms with Gasteiger partial charge in [0.2, 0.25) is 0 Å². The fourth-order valence-electron chi connectivity index (χ4n) is 2.04. The molecular formula is C11H15N3O6S. The van der Waals surface area contributed by atoms with E-state index in [-0.39, 0.29) is 17.1 Å². The van der Waals surface area contributed by atoms with Crippen LogP contribution in [0.15, 0.2) is 18.2 Å². The van der Waals surface area contributed by atoms with Crippen LogP contribution in [-0.2, 0) is 15.0 Å². The minimum atomic E-state index is -4.47. The standard InChI is InChI=1S/C11H15N3O6S/c15-14(16)11-5-9(13-21(17,18)19)1-2-10(11)12-6-8-3-4-20-7-8/h1-2,5,8,12-13H,3-4,6-7H2,(H,17,18,19). The number of hydrogen-bond donors (Lipinski definition) is 3. The maximum Gasteiger partial charge on any atom is 0.357 e. The SMILES string of the molecule is O=[N+]([O-])c1cc(NS(=O)(=O)O)ccc1NCC1CCOC1. The largest absolute Gasteiger partial charge is 0.381 e. The van der Waals surface area contributed by atoms with Crippen molar-refractivity contribution in [3.63, 3.8) is 0 Å². The van der Waals surface area contributed by atoms with Gasteiger partial charge in [-0.1, -0.05) is 0 Å². The number of rotatable bonds is 6. The molecule has 0 saturated carbocycles. The van der Waals surface area contributed by atoms with Crippen molar-refractivity contribution in [2.75, 3.05) is 29.8 Å². The summed E-state index contributed by atoms with van der Waals surface area (Å²) in [6, 6.07) is 3.76. The smallest absolute Gasteiger partial charge is 0.357 e. The van der Waals surface area contributed by atoms with Crippen molar-refractivity contribution >= 4 is 27.4 Å². The zero-order valence-electron chi connectivity index (χ0n) is 11.0. The van der Waals surface area contributed by atoms with Crippen LogP contribution in [0.25, 0.3) is 0 Å². The molecule has 1 aliphatic heterocycles. The minimum Gasteiger partial charge on any atom is -0.381 e. The summed E-state index contributed by atoms with van der Waals surface area (Å²) in [4.78, 5) is 10.4. The summed E-state index contributed by atoms with van der Waals surface area (Å²) < 4.78 is 37.1. The van der Waals surface area contributed by atoms with Gasteiger partial charge in [0.1, 0.15) is 5.69 Å². The molecule has 0 bridgehead atoms. The molecular weight excluding hydrogens is 302 g/mol. The first-order valence-electron chi connectivity index (χ1n) is 6.20. The molecule has 1 unspecified atom stereocenters. The van der Waals surface area contributed by atoms with Crippen molar-refractivity contribution in [1.29, 1.82) is 0 Å². The molecule has 9 nitrogen and oxygen atoms in total. The van der Waals surface area contributed by atoms with E-state index in [0.717, 1.165) is 12.5 Å². The number of hydrogen-bond acceptors (Lipinski definition) is 6. The van der Waals surface area contributed by atoms with Crippen molar-refractivity contribution in [3.8, 4) is 0 Å². The number of nitrogens with zero attached hydrogens (tertiary/aromatic N) is 1. The molecule has 1 saturated heterocycles. The fraction of sp³-hybridized carbons (Fsp3) is 0.455. The van der Waals surface area contributed by atoms with Gasteiger partial charge in [-0.3, -0.25) is 19.4 Å². The van der Waals surface area contributed by atoms with E-state index in [1.165, 1.54) is 12.1 Å². The average molecular weight is 317 g/mol. The van der Waals surface area contributed by atoms with Crippen molar-refractivity contribution in [2.24, 2.45) is 5.92 Å². The number of nitrogens with one attached hydrogen (secondary N) is 2. The molecule has 1 heterocycles. The van der Waals surface area contributed by atoms with Crippen molar-refractivity contribution in [3.05, 3.63) is 28.3 Å². The number of nitro groups is 1. The molecule has 1 fully saturated rings. The van der Waals surface area contributed by atoms with Crippen LogP contribution in [0.5, 0.6) is 0 Å². The summed E-state index contributed by atoms with van der Waals surface area (Å²) in [6.07, 6.45) is 0.892. The highest BCUT2D eigenvalue weighted by molar-refractivity contribution is 7.87. The van der Waals surface area contributed by atoms with E-state index in [2.05, 4.69) is 5.32 Å². The van der Waals surface area contributed by atoms with E-state index in [9.17, 15) is 18.5 Å². The van der Waals surface area contributed by atoms with Crippen LogP contribution in [0.3, 0.4) is 0 Å². The Bertz CT molecular complexity index is 627. The van der Waals surface area contributed by atoms with Gasteiger partial charge in [0.05, 0.1) is 17.2 Å². The Balaban J connectivity index is 2.14. The summed E-state index contributed by atoms with van der Waals surface area (Å²) in [5.74, 6) is 0.292. The normalized spacial score (nSPS) is 18.4. The Labute approximate surface area is 121 Å². The number of ether oxygens (including phenoxy) is 1. The predicted octanol–water partition coefficient (Wildman–Crippen LogP) is 1.26. The minimum absolute atomic E-state index is 0.0843. The van der Waals surface area contributed by atoms with Crippen LogP contribution in [0, 0.1) is 16.0 Å². The molecule has 21 heavy (non-hydrogen) atoms. The van der Waals surface area contributed by atoms with E-state index in [4.69, 9.17) is 9.29 Å². The second kappa shape index (κ2) is 6.24. The molecule has 1 aliphatic rings. The average Bonchev–Trinajstić information content (AvgIpc) is 2.88. The molecule has 1 aromatic carbocycles. The van der Waals surface area contributed by atoms with Gasteiger partial charge in [0.15, 0.2) is 0 Å². The van der Waals surface area contributed by atoms with E-state index in [0.29, 0.717) is 25.7 Å². The van der Waals surface area contributed by atoms with E-state index in [1.807, 2.05) is 0 Å². The maximum absolute atomic E-state index is 11.0. The monoisotopic (exact) mass is 317 g/mol. The van der Waals surface area contributed by atoms with Gasteiger partial charge >= 0.3 is 10.3 Å². The molecule has 1 aromatic rings. The summed E-state index contributed by atoms with van der Waals surface area (Å²) in [5.41, 5.74) is -0.0747. The molecule has 116 valence electrons. The molecule has 0 aromatic heterocycles. The first-order valence-corrected chi connectivity index (χ1v) is 7.64. The summed E-state index contributed by atoms with van der Waals surface area (Å²) in [7, 11) is -4.47. The quantitative estimate of drug-likeness (QED) is 0.409. The van der Waals surface area contributed by atoms with Crippen LogP contribution >= 0.6 is 0 Å². The van der Waals surface area contributed by atoms with Crippen molar-refractivity contribution < 1.29 is 22.6 Å². The van der Waals surface area contributed by atoms with Gasteiger partial charge in [0.25, 0.3) is 5.69 Å². The fourth-order valence-corrected chi connectivity index (χ4v) is 2.47. The molecule has 3 N–H and O–H groups in total. The van der Waals surface area contributed by atoms with Gasteiger partial charge in [-0.25, -0.2) is 0 Å². The van der Waals surface area contributed by atoms with Crippen LogP contribution in [0.4, 0.5) is 17.1 Å². The Morgan fingerprint density at radius 3 is 2.81 bits per heavy atom. The highest BCUT2D eigenvalue weighted by Crippen LogP contribution is 2.28. The number of benzene rings is 1. The Hall–Kier alpha value is -1.91. The van der Waals surface area contributed by atoms with E-state index < -0.39 is 15.2 Å². The number of nitro benzene ring substituents is 1.